The lowest BCUT2D eigenvalue weighted by atomic mass is 10.0. The van der Waals surface area contributed by atoms with Crippen molar-refractivity contribution >= 4 is 28.9 Å². The number of hydrogen-bond donors (Lipinski definition) is 2. The van der Waals surface area contributed by atoms with E-state index in [0.29, 0.717) is 6.42 Å². The molecule has 1 aromatic heterocycles. The van der Waals surface area contributed by atoms with E-state index in [1.165, 1.54) is 17.4 Å². The van der Waals surface area contributed by atoms with Gasteiger partial charge in [0.05, 0.1) is 5.92 Å². The second-order valence-electron chi connectivity index (χ2n) is 6.22. The highest BCUT2D eigenvalue weighted by Gasteiger charge is 2.20. The minimum atomic E-state index is -0.727. The highest BCUT2D eigenvalue weighted by molar-refractivity contribution is 7.12. The van der Waals surface area contributed by atoms with Gasteiger partial charge in [0.15, 0.2) is 0 Å². The Bertz CT molecular complexity index is 706. The van der Waals surface area contributed by atoms with Gasteiger partial charge in [-0.2, -0.15) is 0 Å². The first-order chi connectivity index (χ1) is 12.0. The Kier molecular flexibility index (Phi) is 7.19. The van der Waals surface area contributed by atoms with E-state index in [9.17, 15) is 14.7 Å². The molecule has 2 aromatic rings. The van der Waals surface area contributed by atoms with Gasteiger partial charge >= 0.3 is 5.97 Å². The van der Waals surface area contributed by atoms with E-state index in [2.05, 4.69) is 11.4 Å². The third-order valence-corrected chi connectivity index (χ3v) is 5.32. The lowest BCUT2D eigenvalue weighted by Crippen LogP contribution is -2.09. The van der Waals surface area contributed by atoms with E-state index in [-0.39, 0.29) is 11.8 Å². The average Bonchev–Trinajstić information content (AvgIpc) is 3.02. The fraction of sp³-hybridized carbons (Fsp3) is 0.400. The maximum atomic E-state index is 11.4. The van der Waals surface area contributed by atoms with Crippen LogP contribution in [-0.2, 0) is 22.4 Å². The van der Waals surface area contributed by atoms with E-state index in [4.69, 9.17) is 0 Å². The second-order valence-corrected chi connectivity index (χ2v) is 7.42. The van der Waals surface area contributed by atoms with Crippen LogP contribution >= 0.6 is 11.3 Å². The number of thiophene rings is 1. The van der Waals surface area contributed by atoms with Crippen molar-refractivity contribution in [3.63, 3.8) is 0 Å². The SMILES string of the molecule is CCCC(C(=O)O)c1ccc(CCCc2ccc(NC(C)=O)cc2)s1. The molecule has 134 valence electrons. The molecule has 0 saturated heterocycles. The van der Waals surface area contributed by atoms with E-state index in [1.807, 2.05) is 37.3 Å². The molecule has 1 atom stereocenters. The minimum Gasteiger partial charge on any atom is -0.481 e. The first kappa shape index (κ1) is 19.2. The zero-order valence-corrected chi connectivity index (χ0v) is 15.6. The zero-order valence-electron chi connectivity index (χ0n) is 14.7. The zero-order chi connectivity index (χ0) is 18.2. The molecule has 0 bridgehead atoms. The van der Waals surface area contributed by atoms with Crippen LogP contribution in [-0.4, -0.2) is 17.0 Å². The van der Waals surface area contributed by atoms with Gasteiger partial charge < -0.3 is 10.4 Å². The van der Waals surface area contributed by atoms with Crippen LogP contribution in [0.25, 0.3) is 0 Å². The Hall–Kier alpha value is -2.14. The molecule has 2 N–H and O–H groups in total. The molecule has 5 heteroatoms. The topological polar surface area (TPSA) is 66.4 Å². The highest BCUT2D eigenvalue weighted by Crippen LogP contribution is 2.29. The van der Waals surface area contributed by atoms with Crippen LogP contribution in [0.4, 0.5) is 5.69 Å². The predicted octanol–water partition coefficient (Wildman–Crippen LogP) is 4.85. The number of carbonyl (C=O) groups excluding carboxylic acids is 1. The first-order valence-corrected chi connectivity index (χ1v) is 9.49. The summed E-state index contributed by atoms with van der Waals surface area (Å²) < 4.78 is 0. The fourth-order valence-corrected chi connectivity index (χ4v) is 4.00. The standard InChI is InChI=1S/C20H25NO3S/c1-3-5-18(20(23)24)19-13-12-17(25-19)7-4-6-15-8-10-16(11-9-15)21-14(2)22/h8-13,18H,3-7H2,1-2H3,(H,21,22)(H,23,24). The number of hydrogen-bond acceptors (Lipinski definition) is 3. The van der Waals surface area contributed by atoms with Gasteiger partial charge in [0, 0.05) is 22.4 Å². The van der Waals surface area contributed by atoms with E-state index < -0.39 is 5.97 Å². The van der Waals surface area contributed by atoms with Gasteiger partial charge in [0.1, 0.15) is 0 Å². The molecule has 1 amide bonds. The second kappa shape index (κ2) is 9.37. The van der Waals surface area contributed by atoms with Crippen LogP contribution in [0.15, 0.2) is 36.4 Å². The molecular formula is C20H25NO3S. The quantitative estimate of drug-likeness (QED) is 0.672. The van der Waals surface area contributed by atoms with Crippen molar-refractivity contribution < 1.29 is 14.7 Å². The lowest BCUT2D eigenvalue weighted by molar-refractivity contribution is -0.138. The van der Waals surface area contributed by atoms with Gasteiger partial charge in [-0.25, -0.2) is 0 Å². The van der Waals surface area contributed by atoms with Crippen molar-refractivity contribution in [3.8, 4) is 0 Å². The molecule has 0 aliphatic rings. The van der Waals surface area contributed by atoms with Gasteiger partial charge in [-0.05, 0) is 55.5 Å². The van der Waals surface area contributed by atoms with Crippen LogP contribution in [0.3, 0.4) is 0 Å². The fourth-order valence-electron chi connectivity index (χ4n) is 2.82. The molecule has 0 saturated carbocycles. The minimum absolute atomic E-state index is 0.0658. The molecule has 4 nitrogen and oxygen atoms in total. The maximum absolute atomic E-state index is 11.4. The van der Waals surface area contributed by atoms with Gasteiger partial charge in [-0.15, -0.1) is 11.3 Å². The van der Waals surface area contributed by atoms with Gasteiger partial charge in [0.25, 0.3) is 0 Å². The third-order valence-electron chi connectivity index (χ3n) is 4.06. The molecule has 0 fully saturated rings. The molecule has 25 heavy (non-hydrogen) atoms. The number of anilines is 1. The lowest BCUT2D eigenvalue weighted by Gasteiger charge is -2.08. The van der Waals surface area contributed by atoms with E-state index in [0.717, 1.165) is 36.2 Å². The largest absolute Gasteiger partial charge is 0.481 e. The summed E-state index contributed by atoms with van der Waals surface area (Å²) in [5.74, 6) is -1.16. The van der Waals surface area contributed by atoms with Crippen molar-refractivity contribution in [2.24, 2.45) is 0 Å². The van der Waals surface area contributed by atoms with Crippen LogP contribution < -0.4 is 5.32 Å². The van der Waals surface area contributed by atoms with Crippen molar-refractivity contribution in [1.29, 1.82) is 0 Å². The number of aryl methyl sites for hydroxylation is 2. The van der Waals surface area contributed by atoms with Gasteiger partial charge in [-0.3, -0.25) is 9.59 Å². The normalized spacial score (nSPS) is 11.9. The Labute approximate surface area is 152 Å². The number of rotatable bonds is 9. The van der Waals surface area contributed by atoms with Gasteiger partial charge in [0.2, 0.25) is 5.91 Å². The smallest absolute Gasteiger partial charge is 0.311 e. The van der Waals surface area contributed by atoms with Crippen LogP contribution in [0.1, 0.15) is 54.3 Å². The molecular weight excluding hydrogens is 334 g/mol. The molecule has 0 aliphatic carbocycles. The summed E-state index contributed by atoms with van der Waals surface area (Å²) >= 11 is 1.63. The summed E-state index contributed by atoms with van der Waals surface area (Å²) in [4.78, 5) is 24.6. The molecule has 0 spiro atoms. The Balaban J connectivity index is 1.85. The summed E-state index contributed by atoms with van der Waals surface area (Å²) in [6.45, 7) is 3.51. The highest BCUT2D eigenvalue weighted by atomic mass is 32.1. The monoisotopic (exact) mass is 359 g/mol. The Morgan fingerprint density at radius 2 is 1.84 bits per heavy atom. The van der Waals surface area contributed by atoms with Gasteiger partial charge in [-0.1, -0.05) is 25.5 Å². The first-order valence-electron chi connectivity index (χ1n) is 8.67. The van der Waals surface area contributed by atoms with Crippen molar-refractivity contribution in [1.82, 2.24) is 0 Å². The number of nitrogens with one attached hydrogen (secondary N) is 1. The van der Waals surface area contributed by atoms with Crippen molar-refractivity contribution in [2.75, 3.05) is 5.32 Å². The van der Waals surface area contributed by atoms with Crippen molar-refractivity contribution in [3.05, 3.63) is 51.7 Å². The summed E-state index contributed by atoms with van der Waals surface area (Å²) in [5, 5.41) is 12.1. The number of carbonyl (C=O) groups is 2. The maximum Gasteiger partial charge on any atom is 0.311 e. The summed E-state index contributed by atoms with van der Waals surface area (Å²) in [6, 6.07) is 11.9. The third kappa shape index (κ3) is 6.02. The number of amides is 1. The summed E-state index contributed by atoms with van der Waals surface area (Å²) in [5.41, 5.74) is 2.05. The van der Waals surface area contributed by atoms with E-state index >= 15 is 0 Å². The predicted molar refractivity (Wildman–Crippen MR) is 102 cm³/mol. The summed E-state index contributed by atoms with van der Waals surface area (Å²) in [7, 11) is 0. The van der Waals surface area contributed by atoms with Crippen LogP contribution in [0.2, 0.25) is 0 Å². The van der Waals surface area contributed by atoms with Crippen molar-refractivity contribution in [2.45, 2.75) is 51.9 Å². The number of benzene rings is 1. The molecule has 2 rings (SSSR count). The van der Waals surface area contributed by atoms with E-state index in [1.54, 1.807) is 11.3 Å². The summed E-state index contributed by atoms with van der Waals surface area (Å²) in [6.07, 6.45) is 4.50. The average molecular weight is 359 g/mol. The Morgan fingerprint density at radius 1 is 1.12 bits per heavy atom. The molecule has 1 heterocycles. The molecule has 1 unspecified atom stereocenters. The number of carboxylic acids is 1. The number of aliphatic carboxylic acids is 1. The number of carboxylic acid groups (broad SMARTS) is 1. The molecule has 0 radical (unpaired) electrons. The molecule has 0 aliphatic heterocycles. The molecule has 1 aromatic carbocycles. The van der Waals surface area contributed by atoms with Crippen LogP contribution in [0, 0.1) is 0 Å². The van der Waals surface area contributed by atoms with Crippen LogP contribution in [0.5, 0.6) is 0 Å². The Morgan fingerprint density at radius 3 is 2.44 bits per heavy atom.